The lowest BCUT2D eigenvalue weighted by Crippen LogP contribution is -2.28. The van der Waals surface area contributed by atoms with Gasteiger partial charge in [0.25, 0.3) is 0 Å². The van der Waals surface area contributed by atoms with Crippen molar-refractivity contribution >= 4 is 36.5 Å². The highest BCUT2D eigenvalue weighted by molar-refractivity contribution is 5.89. The van der Waals surface area contributed by atoms with Crippen molar-refractivity contribution in [3.63, 3.8) is 0 Å². The van der Waals surface area contributed by atoms with Gasteiger partial charge < -0.3 is 10.6 Å². The van der Waals surface area contributed by atoms with Crippen LogP contribution >= 0.6 is 24.8 Å². The Bertz CT molecular complexity index is 671. The molecule has 0 spiro atoms. The van der Waals surface area contributed by atoms with Crippen LogP contribution in [0.5, 0.6) is 0 Å². The van der Waals surface area contributed by atoms with Gasteiger partial charge in [-0.3, -0.25) is 9.78 Å². The van der Waals surface area contributed by atoms with Crippen LogP contribution in [0.2, 0.25) is 0 Å². The van der Waals surface area contributed by atoms with Crippen molar-refractivity contribution in [2.75, 3.05) is 18.4 Å². The van der Waals surface area contributed by atoms with Crippen LogP contribution in [0.3, 0.4) is 0 Å². The van der Waals surface area contributed by atoms with Crippen LogP contribution in [0, 0.1) is 12.8 Å². The molecule has 2 aromatic heterocycles. The third-order valence-electron chi connectivity index (χ3n) is 4.45. The lowest BCUT2D eigenvalue weighted by atomic mass is 9.93. The number of nitrogens with one attached hydrogen (secondary N) is 2. The van der Waals surface area contributed by atoms with Crippen molar-refractivity contribution in [3.8, 4) is 0 Å². The van der Waals surface area contributed by atoms with Crippen molar-refractivity contribution in [2.45, 2.75) is 39.2 Å². The number of nitrogens with zero attached hydrogens (tertiary/aromatic N) is 3. The fraction of sp³-hybridized carbons (Fsp3) is 0.500. The molecule has 0 atom stereocenters. The van der Waals surface area contributed by atoms with Crippen molar-refractivity contribution in [3.05, 3.63) is 41.9 Å². The van der Waals surface area contributed by atoms with Crippen LogP contribution in [0.25, 0.3) is 0 Å². The van der Waals surface area contributed by atoms with E-state index in [4.69, 9.17) is 0 Å². The highest BCUT2D eigenvalue weighted by Crippen LogP contribution is 2.19. The summed E-state index contributed by atoms with van der Waals surface area (Å²) in [6.45, 7) is 4.63. The zero-order valence-electron chi connectivity index (χ0n) is 15.0. The van der Waals surface area contributed by atoms with E-state index in [1.165, 1.54) is 12.8 Å². The number of aryl methyl sites for hydroxylation is 1. The van der Waals surface area contributed by atoms with Gasteiger partial charge in [-0.15, -0.1) is 24.8 Å². The summed E-state index contributed by atoms with van der Waals surface area (Å²) in [6, 6.07) is 7.71. The Kier molecular flexibility index (Phi) is 9.62. The van der Waals surface area contributed by atoms with E-state index in [9.17, 15) is 4.79 Å². The maximum absolute atomic E-state index is 12.3. The number of halogens is 2. The molecular formula is C18H27Cl2N5O. The van der Waals surface area contributed by atoms with Gasteiger partial charge in [0.2, 0.25) is 5.91 Å². The molecule has 1 fully saturated rings. The SMILES string of the molecule is Cc1cc(NC(=O)CCC2CCNCC2)n(Cc2ccccn2)n1.Cl.Cl. The normalized spacial score (nSPS) is 14.2. The second-order valence-electron chi connectivity index (χ2n) is 6.43. The van der Waals surface area contributed by atoms with Crippen LogP contribution in [0.4, 0.5) is 5.82 Å². The predicted octanol–water partition coefficient (Wildman–Crippen LogP) is 3.20. The van der Waals surface area contributed by atoms with E-state index < -0.39 is 0 Å². The Morgan fingerprint density at radius 2 is 2.08 bits per heavy atom. The molecule has 0 radical (unpaired) electrons. The topological polar surface area (TPSA) is 71.8 Å². The molecule has 26 heavy (non-hydrogen) atoms. The Balaban J connectivity index is 0.00000169. The molecule has 6 nitrogen and oxygen atoms in total. The number of pyridine rings is 1. The van der Waals surface area contributed by atoms with Crippen molar-refractivity contribution in [2.24, 2.45) is 5.92 Å². The molecule has 1 aliphatic rings. The van der Waals surface area contributed by atoms with Gasteiger partial charge in [0, 0.05) is 18.7 Å². The quantitative estimate of drug-likeness (QED) is 0.781. The summed E-state index contributed by atoms with van der Waals surface area (Å²) < 4.78 is 1.81. The molecule has 2 aromatic rings. The van der Waals surface area contributed by atoms with E-state index in [-0.39, 0.29) is 30.7 Å². The summed E-state index contributed by atoms with van der Waals surface area (Å²) in [5.41, 5.74) is 1.81. The number of hydrogen-bond acceptors (Lipinski definition) is 4. The Hall–Kier alpha value is -1.63. The van der Waals surface area contributed by atoms with Gasteiger partial charge in [-0.2, -0.15) is 5.10 Å². The minimum atomic E-state index is 0. The third kappa shape index (κ3) is 6.59. The molecule has 0 bridgehead atoms. The minimum absolute atomic E-state index is 0. The van der Waals surface area contributed by atoms with Crippen molar-refractivity contribution in [1.82, 2.24) is 20.1 Å². The fourth-order valence-electron chi connectivity index (χ4n) is 3.12. The van der Waals surface area contributed by atoms with Crippen molar-refractivity contribution < 1.29 is 4.79 Å². The average Bonchev–Trinajstić information content (AvgIpc) is 2.94. The standard InChI is InChI=1S/C18H25N5O.2ClH/c1-14-12-17(23(22-14)13-16-4-2-3-9-20-16)21-18(24)6-5-15-7-10-19-11-8-15;;/h2-4,9,12,15,19H,5-8,10-11,13H2,1H3,(H,21,24);2*1H. The number of aromatic nitrogens is 3. The summed E-state index contributed by atoms with van der Waals surface area (Å²) in [6.07, 6.45) is 5.64. The number of carbonyl (C=O) groups is 1. The van der Waals surface area contributed by atoms with Gasteiger partial charge in [0.1, 0.15) is 5.82 Å². The van der Waals surface area contributed by atoms with Gasteiger partial charge in [-0.05, 0) is 57.3 Å². The average molecular weight is 400 g/mol. The highest BCUT2D eigenvalue weighted by Gasteiger charge is 2.16. The molecule has 1 saturated heterocycles. The molecule has 0 aliphatic carbocycles. The van der Waals surface area contributed by atoms with E-state index >= 15 is 0 Å². The summed E-state index contributed by atoms with van der Waals surface area (Å²) >= 11 is 0. The largest absolute Gasteiger partial charge is 0.317 e. The molecule has 0 aromatic carbocycles. The highest BCUT2D eigenvalue weighted by atomic mass is 35.5. The first-order chi connectivity index (χ1) is 11.7. The minimum Gasteiger partial charge on any atom is -0.317 e. The van der Waals surface area contributed by atoms with Gasteiger partial charge in [-0.25, -0.2) is 4.68 Å². The first-order valence-corrected chi connectivity index (χ1v) is 8.65. The second-order valence-corrected chi connectivity index (χ2v) is 6.43. The molecule has 144 valence electrons. The van der Waals surface area contributed by atoms with Crippen LogP contribution < -0.4 is 10.6 Å². The first-order valence-electron chi connectivity index (χ1n) is 8.65. The third-order valence-corrected chi connectivity index (χ3v) is 4.45. The number of piperidine rings is 1. The summed E-state index contributed by atoms with van der Waals surface area (Å²) in [5, 5.41) is 10.8. The van der Waals surface area contributed by atoms with E-state index in [0.717, 1.165) is 36.7 Å². The lowest BCUT2D eigenvalue weighted by Gasteiger charge is -2.22. The molecule has 3 rings (SSSR count). The Labute approximate surface area is 167 Å². The van der Waals surface area contributed by atoms with Crippen LogP contribution in [0.1, 0.15) is 37.1 Å². The number of carbonyl (C=O) groups excluding carboxylic acids is 1. The van der Waals surface area contributed by atoms with Crippen LogP contribution in [-0.2, 0) is 11.3 Å². The van der Waals surface area contributed by atoms with Gasteiger partial charge in [0.15, 0.2) is 0 Å². The number of hydrogen-bond donors (Lipinski definition) is 2. The van der Waals surface area contributed by atoms with Gasteiger partial charge in [0.05, 0.1) is 17.9 Å². The zero-order chi connectivity index (χ0) is 16.8. The van der Waals surface area contributed by atoms with E-state index in [1.54, 1.807) is 10.9 Å². The van der Waals surface area contributed by atoms with Crippen molar-refractivity contribution in [1.29, 1.82) is 0 Å². The summed E-state index contributed by atoms with van der Waals surface area (Å²) in [5.74, 6) is 1.47. The Morgan fingerprint density at radius 3 is 2.77 bits per heavy atom. The summed E-state index contributed by atoms with van der Waals surface area (Å²) in [7, 11) is 0. The van der Waals surface area contributed by atoms with E-state index in [1.807, 2.05) is 31.2 Å². The molecule has 0 saturated carbocycles. The molecule has 1 aliphatic heterocycles. The molecule has 1 amide bonds. The Morgan fingerprint density at radius 1 is 1.31 bits per heavy atom. The number of anilines is 1. The monoisotopic (exact) mass is 399 g/mol. The first kappa shape index (κ1) is 22.4. The molecule has 0 unspecified atom stereocenters. The van der Waals surface area contributed by atoms with E-state index in [2.05, 4.69) is 20.7 Å². The second kappa shape index (κ2) is 11.2. The number of amides is 1. The molecule has 3 heterocycles. The summed E-state index contributed by atoms with van der Waals surface area (Å²) in [4.78, 5) is 16.6. The van der Waals surface area contributed by atoms with Crippen LogP contribution in [0.15, 0.2) is 30.5 Å². The fourth-order valence-corrected chi connectivity index (χ4v) is 3.12. The predicted molar refractivity (Wildman–Crippen MR) is 108 cm³/mol. The van der Waals surface area contributed by atoms with Gasteiger partial charge >= 0.3 is 0 Å². The molecule has 2 N–H and O–H groups in total. The molecular weight excluding hydrogens is 373 g/mol. The maximum Gasteiger partial charge on any atom is 0.225 e. The van der Waals surface area contributed by atoms with Gasteiger partial charge in [-0.1, -0.05) is 6.07 Å². The smallest absolute Gasteiger partial charge is 0.225 e. The number of rotatable bonds is 6. The molecule has 8 heteroatoms. The van der Waals surface area contributed by atoms with Crippen LogP contribution in [-0.4, -0.2) is 33.8 Å². The maximum atomic E-state index is 12.3. The zero-order valence-corrected chi connectivity index (χ0v) is 16.6. The lowest BCUT2D eigenvalue weighted by molar-refractivity contribution is -0.116. The van der Waals surface area contributed by atoms with E-state index in [0.29, 0.717) is 18.9 Å².